The molecule has 0 saturated carbocycles. The minimum absolute atomic E-state index is 0.116. The number of hydrogen-bond donors (Lipinski definition) is 1. The Morgan fingerprint density at radius 2 is 1.92 bits per heavy atom. The monoisotopic (exact) mass is 359 g/mol. The third kappa shape index (κ3) is 3.18. The van der Waals surface area contributed by atoms with Gasteiger partial charge in [0.1, 0.15) is 23.3 Å². The summed E-state index contributed by atoms with van der Waals surface area (Å²) in [4.78, 5) is 36.4. The second-order valence-corrected chi connectivity index (χ2v) is 5.59. The van der Waals surface area contributed by atoms with Crippen molar-refractivity contribution in [2.75, 3.05) is 17.3 Å². The van der Waals surface area contributed by atoms with E-state index in [9.17, 15) is 24.1 Å². The molecule has 2 aromatic carbocycles. The van der Waals surface area contributed by atoms with E-state index in [0.29, 0.717) is 5.69 Å². The van der Waals surface area contributed by atoms with Crippen molar-refractivity contribution in [3.8, 4) is 5.75 Å². The molecular weight excluding hydrogens is 345 g/mol. The molecule has 1 fully saturated rings. The van der Waals surface area contributed by atoms with E-state index in [-0.39, 0.29) is 17.9 Å². The standard InChI is InChI=1S/C17H14FN3O5/c1-26-12-6-7-14(15(8-12)21(24)25)20-16(22)9-13(17(20)23)19-11-4-2-10(18)3-5-11/h2-8,13,19H,9H2,1H3/t13-/m1/s1. The Morgan fingerprint density at radius 1 is 1.23 bits per heavy atom. The van der Waals surface area contributed by atoms with Crippen molar-refractivity contribution in [2.24, 2.45) is 0 Å². The summed E-state index contributed by atoms with van der Waals surface area (Å²) in [5, 5.41) is 14.2. The normalized spacial score (nSPS) is 16.7. The SMILES string of the molecule is COc1ccc(N2C(=O)C[C@@H](Nc3ccc(F)cc3)C2=O)c([N+](=O)[O-])c1. The van der Waals surface area contributed by atoms with Gasteiger partial charge in [-0.15, -0.1) is 0 Å². The molecule has 9 heteroatoms. The number of nitrogens with one attached hydrogen (secondary N) is 1. The molecule has 0 aliphatic carbocycles. The fourth-order valence-corrected chi connectivity index (χ4v) is 2.71. The lowest BCUT2D eigenvalue weighted by atomic mass is 10.2. The van der Waals surface area contributed by atoms with Crippen LogP contribution in [0.2, 0.25) is 0 Å². The minimum Gasteiger partial charge on any atom is -0.496 e. The maximum atomic E-state index is 13.0. The number of halogens is 1. The topological polar surface area (TPSA) is 102 Å². The Balaban J connectivity index is 1.90. The molecule has 134 valence electrons. The Bertz CT molecular complexity index is 884. The molecule has 2 amide bonds. The number of nitro benzene ring substituents is 1. The maximum absolute atomic E-state index is 13.0. The molecule has 0 bridgehead atoms. The van der Waals surface area contributed by atoms with Gasteiger partial charge in [0.2, 0.25) is 5.91 Å². The number of imide groups is 1. The van der Waals surface area contributed by atoms with Crippen LogP contribution in [0.15, 0.2) is 42.5 Å². The van der Waals surface area contributed by atoms with Crippen LogP contribution in [-0.4, -0.2) is 29.9 Å². The predicted octanol–water partition coefficient (Wildman–Crippen LogP) is 2.49. The quantitative estimate of drug-likeness (QED) is 0.500. The van der Waals surface area contributed by atoms with E-state index in [1.54, 1.807) is 0 Å². The van der Waals surface area contributed by atoms with Crippen molar-refractivity contribution in [1.82, 2.24) is 0 Å². The Kier molecular flexibility index (Phi) is 4.53. The van der Waals surface area contributed by atoms with Gasteiger partial charge >= 0.3 is 0 Å². The first kappa shape index (κ1) is 17.3. The second kappa shape index (κ2) is 6.79. The van der Waals surface area contributed by atoms with Crippen molar-refractivity contribution in [2.45, 2.75) is 12.5 Å². The highest BCUT2D eigenvalue weighted by Gasteiger charge is 2.42. The van der Waals surface area contributed by atoms with Gasteiger partial charge in [0.05, 0.1) is 24.5 Å². The van der Waals surface area contributed by atoms with E-state index >= 15 is 0 Å². The molecule has 0 radical (unpaired) electrons. The zero-order valence-electron chi connectivity index (χ0n) is 13.6. The first-order valence-corrected chi connectivity index (χ1v) is 7.62. The molecular formula is C17H14FN3O5. The number of methoxy groups -OCH3 is 1. The molecule has 0 spiro atoms. The van der Waals surface area contributed by atoms with Crippen LogP contribution >= 0.6 is 0 Å². The zero-order chi connectivity index (χ0) is 18.8. The van der Waals surface area contributed by atoms with Gasteiger partial charge in [0.15, 0.2) is 0 Å². The number of carbonyl (C=O) groups is 2. The van der Waals surface area contributed by atoms with Gasteiger partial charge in [0, 0.05) is 5.69 Å². The molecule has 0 unspecified atom stereocenters. The van der Waals surface area contributed by atoms with E-state index in [1.807, 2.05) is 0 Å². The second-order valence-electron chi connectivity index (χ2n) is 5.59. The number of carbonyl (C=O) groups excluding carboxylic acids is 2. The van der Waals surface area contributed by atoms with Crippen LogP contribution in [0, 0.1) is 15.9 Å². The van der Waals surface area contributed by atoms with E-state index in [0.717, 1.165) is 11.0 Å². The van der Waals surface area contributed by atoms with Crippen LogP contribution in [-0.2, 0) is 9.59 Å². The fourth-order valence-electron chi connectivity index (χ4n) is 2.71. The van der Waals surface area contributed by atoms with Crippen LogP contribution in [0.1, 0.15) is 6.42 Å². The summed E-state index contributed by atoms with van der Waals surface area (Å²) >= 11 is 0. The van der Waals surface area contributed by atoms with Gasteiger partial charge in [-0.25, -0.2) is 9.29 Å². The zero-order valence-corrected chi connectivity index (χ0v) is 13.6. The number of benzene rings is 2. The number of amides is 2. The van der Waals surface area contributed by atoms with Gasteiger partial charge in [-0.3, -0.25) is 19.7 Å². The average Bonchev–Trinajstić information content (AvgIpc) is 2.90. The lowest BCUT2D eigenvalue weighted by Crippen LogP contribution is -2.35. The Morgan fingerprint density at radius 3 is 2.54 bits per heavy atom. The Hall–Kier alpha value is -3.49. The number of rotatable bonds is 5. The Labute approximate surface area is 147 Å². The first-order valence-electron chi connectivity index (χ1n) is 7.62. The molecule has 1 aliphatic rings. The maximum Gasteiger partial charge on any atom is 0.297 e. The summed E-state index contributed by atoms with van der Waals surface area (Å²) in [6, 6.07) is 8.30. The lowest BCUT2D eigenvalue weighted by Gasteiger charge is -2.16. The smallest absolute Gasteiger partial charge is 0.297 e. The van der Waals surface area contributed by atoms with Crippen molar-refractivity contribution in [3.05, 3.63) is 58.4 Å². The highest BCUT2D eigenvalue weighted by Crippen LogP contribution is 2.35. The summed E-state index contributed by atoms with van der Waals surface area (Å²) in [5.74, 6) is -1.38. The third-order valence-electron chi connectivity index (χ3n) is 3.95. The summed E-state index contributed by atoms with van der Waals surface area (Å²) < 4.78 is 17.9. The largest absolute Gasteiger partial charge is 0.496 e. The van der Waals surface area contributed by atoms with Crippen molar-refractivity contribution in [1.29, 1.82) is 0 Å². The third-order valence-corrected chi connectivity index (χ3v) is 3.95. The summed E-state index contributed by atoms with van der Waals surface area (Å²) in [7, 11) is 1.35. The number of nitro groups is 1. The van der Waals surface area contributed by atoms with E-state index in [2.05, 4.69) is 5.32 Å². The highest BCUT2D eigenvalue weighted by atomic mass is 19.1. The molecule has 1 aliphatic heterocycles. The first-order chi connectivity index (χ1) is 12.4. The molecule has 3 rings (SSSR count). The summed E-state index contributed by atoms with van der Waals surface area (Å²) in [6.07, 6.45) is -0.167. The van der Waals surface area contributed by atoms with Gasteiger partial charge in [-0.1, -0.05) is 0 Å². The lowest BCUT2D eigenvalue weighted by molar-refractivity contribution is -0.384. The number of ether oxygens (including phenoxy) is 1. The predicted molar refractivity (Wildman–Crippen MR) is 90.6 cm³/mol. The molecule has 1 heterocycles. The van der Waals surface area contributed by atoms with Crippen LogP contribution in [0.5, 0.6) is 5.75 Å². The van der Waals surface area contributed by atoms with Gasteiger partial charge in [-0.2, -0.15) is 0 Å². The number of hydrogen-bond acceptors (Lipinski definition) is 6. The fraction of sp³-hybridized carbons (Fsp3) is 0.176. The van der Waals surface area contributed by atoms with Crippen LogP contribution < -0.4 is 15.0 Å². The summed E-state index contributed by atoms with van der Waals surface area (Å²) in [5.41, 5.74) is -0.0636. The number of anilines is 2. The molecule has 8 nitrogen and oxygen atoms in total. The van der Waals surface area contributed by atoms with Crippen molar-refractivity contribution < 1.29 is 23.6 Å². The van der Waals surface area contributed by atoms with Gasteiger partial charge in [0.25, 0.3) is 11.6 Å². The number of nitrogens with zero attached hydrogens (tertiary/aromatic N) is 2. The highest BCUT2D eigenvalue weighted by molar-refractivity contribution is 6.24. The van der Waals surface area contributed by atoms with Crippen LogP contribution in [0.25, 0.3) is 0 Å². The molecule has 26 heavy (non-hydrogen) atoms. The summed E-state index contributed by atoms with van der Waals surface area (Å²) in [6.45, 7) is 0. The molecule has 2 aromatic rings. The van der Waals surface area contributed by atoms with Crippen molar-refractivity contribution >= 4 is 28.9 Å². The van der Waals surface area contributed by atoms with Gasteiger partial charge < -0.3 is 10.1 Å². The molecule has 1 N–H and O–H groups in total. The van der Waals surface area contributed by atoms with E-state index in [1.165, 1.54) is 43.5 Å². The van der Waals surface area contributed by atoms with Crippen LogP contribution in [0.3, 0.4) is 0 Å². The molecule has 0 aromatic heterocycles. The van der Waals surface area contributed by atoms with E-state index < -0.39 is 34.3 Å². The molecule has 1 saturated heterocycles. The van der Waals surface area contributed by atoms with Crippen LogP contribution in [0.4, 0.5) is 21.5 Å². The average molecular weight is 359 g/mol. The van der Waals surface area contributed by atoms with Crippen molar-refractivity contribution in [3.63, 3.8) is 0 Å². The molecule has 1 atom stereocenters. The van der Waals surface area contributed by atoms with Gasteiger partial charge in [-0.05, 0) is 36.4 Å². The van der Waals surface area contributed by atoms with E-state index in [4.69, 9.17) is 4.74 Å². The minimum atomic E-state index is -0.894.